The van der Waals surface area contributed by atoms with Gasteiger partial charge in [-0.05, 0) is 65.3 Å². The second-order valence-corrected chi connectivity index (χ2v) is 9.42. The number of halogens is 1. The van der Waals surface area contributed by atoms with Crippen molar-refractivity contribution >= 4 is 21.8 Å². The Hall–Kier alpha value is -2.79. The first-order chi connectivity index (χ1) is 15.6. The van der Waals surface area contributed by atoms with Crippen molar-refractivity contribution in [3.05, 3.63) is 93.5 Å². The van der Waals surface area contributed by atoms with Crippen LogP contribution in [0, 0.1) is 5.92 Å². The maximum atomic E-state index is 13.8. The summed E-state index contributed by atoms with van der Waals surface area (Å²) < 4.78 is 12.2. The normalized spacial score (nSPS) is 21.6. The molecule has 0 saturated heterocycles. The molecule has 3 aromatic rings. The summed E-state index contributed by atoms with van der Waals surface area (Å²) in [6, 6.07) is 22.6. The summed E-state index contributed by atoms with van der Waals surface area (Å²) in [5, 5.41) is 0. The van der Waals surface area contributed by atoms with Gasteiger partial charge in [-0.2, -0.15) is 0 Å². The average Bonchev–Trinajstić information content (AvgIpc) is 3.63. The van der Waals surface area contributed by atoms with Crippen LogP contribution in [0.1, 0.15) is 40.6 Å². The van der Waals surface area contributed by atoms with Gasteiger partial charge in [-0.15, -0.1) is 0 Å². The van der Waals surface area contributed by atoms with E-state index in [-0.39, 0.29) is 17.9 Å². The molecule has 1 aliphatic carbocycles. The zero-order chi connectivity index (χ0) is 22.2. The van der Waals surface area contributed by atoms with Crippen LogP contribution in [0.5, 0.6) is 11.5 Å². The van der Waals surface area contributed by atoms with Gasteiger partial charge in [0.2, 0.25) is 5.91 Å². The molecule has 1 amide bonds. The summed E-state index contributed by atoms with van der Waals surface area (Å²) in [5.41, 5.74) is 4.68. The first kappa shape index (κ1) is 21.1. The molecule has 1 fully saturated rings. The van der Waals surface area contributed by atoms with E-state index in [1.54, 1.807) is 14.2 Å². The van der Waals surface area contributed by atoms with Crippen molar-refractivity contribution in [2.45, 2.75) is 24.8 Å². The maximum absolute atomic E-state index is 13.8. The molecule has 5 heteroatoms. The molecule has 3 unspecified atom stereocenters. The number of carbonyl (C=O) groups excluding carboxylic acids is 1. The fourth-order valence-electron chi connectivity index (χ4n) is 4.96. The molecule has 1 heterocycles. The number of methoxy groups -OCH3 is 2. The molecule has 5 rings (SSSR count). The molecule has 0 N–H and O–H groups in total. The van der Waals surface area contributed by atoms with Crippen LogP contribution in [0.3, 0.4) is 0 Å². The van der Waals surface area contributed by atoms with Crippen LogP contribution in [0.15, 0.2) is 71.2 Å². The Balaban J connectivity index is 1.51. The summed E-state index contributed by atoms with van der Waals surface area (Å²) in [4.78, 5) is 15.8. The van der Waals surface area contributed by atoms with Crippen molar-refractivity contribution in [3.63, 3.8) is 0 Å². The number of rotatable bonds is 5. The molecule has 0 spiro atoms. The lowest BCUT2D eigenvalue weighted by Gasteiger charge is -2.38. The number of ether oxygens (including phenoxy) is 2. The van der Waals surface area contributed by atoms with Crippen LogP contribution in [0.25, 0.3) is 0 Å². The number of nitrogens with zero attached hydrogens (tertiary/aromatic N) is 1. The molecule has 0 aromatic heterocycles. The number of hydrogen-bond donors (Lipinski definition) is 0. The number of carbonyl (C=O) groups is 1. The highest BCUT2D eigenvalue weighted by atomic mass is 79.9. The smallest absolute Gasteiger partial charge is 0.227 e. The van der Waals surface area contributed by atoms with Crippen LogP contribution >= 0.6 is 15.9 Å². The molecule has 164 valence electrons. The second kappa shape index (κ2) is 8.62. The highest BCUT2D eigenvalue weighted by Gasteiger charge is 2.48. The van der Waals surface area contributed by atoms with Crippen LogP contribution in [-0.2, 0) is 11.2 Å². The topological polar surface area (TPSA) is 38.8 Å². The number of fused-ring (bicyclic) bond motifs is 1. The van der Waals surface area contributed by atoms with E-state index in [0.717, 1.165) is 34.2 Å². The number of hydrogen-bond acceptors (Lipinski definition) is 3. The molecular formula is C27H26BrNO3. The zero-order valence-electron chi connectivity index (χ0n) is 18.3. The predicted octanol–water partition coefficient (Wildman–Crippen LogP) is 5.74. The van der Waals surface area contributed by atoms with Gasteiger partial charge in [0.05, 0.1) is 20.3 Å². The van der Waals surface area contributed by atoms with Crippen molar-refractivity contribution in [2.75, 3.05) is 20.8 Å². The van der Waals surface area contributed by atoms with Gasteiger partial charge >= 0.3 is 0 Å². The van der Waals surface area contributed by atoms with Gasteiger partial charge in [-0.3, -0.25) is 4.79 Å². The van der Waals surface area contributed by atoms with Gasteiger partial charge in [0, 0.05) is 16.9 Å². The lowest BCUT2D eigenvalue weighted by atomic mass is 9.87. The Labute approximate surface area is 197 Å². The van der Waals surface area contributed by atoms with Crippen molar-refractivity contribution in [3.8, 4) is 11.5 Å². The summed E-state index contributed by atoms with van der Waals surface area (Å²) in [6.45, 7) is 0.697. The van der Waals surface area contributed by atoms with Gasteiger partial charge < -0.3 is 14.4 Å². The molecule has 0 radical (unpaired) electrons. The van der Waals surface area contributed by atoms with Crippen LogP contribution in [0.2, 0.25) is 0 Å². The fourth-order valence-corrected chi connectivity index (χ4v) is 5.38. The van der Waals surface area contributed by atoms with Crippen LogP contribution in [-0.4, -0.2) is 31.6 Å². The standard InChI is InChI=1S/C27H26BrNO3/c1-31-24-14-19-11-12-29(27(30)23-15-21(23)18-9-6-10-20(28)13-18)26(17-7-4-3-5-8-17)22(19)16-25(24)32-2/h3-10,13-14,16,21,23,26H,11-12,15H2,1-2H3. The van der Waals surface area contributed by atoms with E-state index in [0.29, 0.717) is 18.2 Å². The Bertz CT molecular complexity index is 1150. The van der Waals surface area contributed by atoms with Gasteiger partial charge in [0.1, 0.15) is 0 Å². The van der Waals surface area contributed by atoms with E-state index < -0.39 is 0 Å². The number of benzene rings is 3. The molecule has 1 saturated carbocycles. The zero-order valence-corrected chi connectivity index (χ0v) is 19.8. The highest BCUT2D eigenvalue weighted by molar-refractivity contribution is 9.10. The third-order valence-electron chi connectivity index (χ3n) is 6.66. The first-order valence-electron chi connectivity index (χ1n) is 11.0. The fraction of sp³-hybridized carbons (Fsp3) is 0.296. The molecule has 0 bridgehead atoms. The summed E-state index contributed by atoms with van der Waals surface area (Å²) in [7, 11) is 3.31. The SMILES string of the molecule is COc1cc2c(cc1OC)C(c1ccccc1)N(C(=O)C1CC1c1cccc(Br)c1)CC2. The third-order valence-corrected chi connectivity index (χ3v) is 7.15. The minimum Gasteiger partial charge on any atom is -0.493 e. The van der Waals surface area contributed by atoms with Gasteiger partial charge in [-0.1, -0.05) is 58.4 Å². The molecule has 2 aliphatic rings. The van der Waals surface area contributed by atoms with E-state index in [9.17, 15) is 4.79 Å². The van der Waals surface area contributed by atoms with Crippen molar-refractivity contribution in [1.82, 2.24) is 4.90 Å². The van der Waals surface area contributed by atoms with E-state index in [1.165, 1.54) is 11.1 Å². The maximum Gasteiger partial charge on any atom is 0.227 e. The molecule has 3 aromatic carbocycles. The first-order valence-corrected chi connectivity index (χ1v) is 11.8. The Morgan fingerprint density at radius 3 is 2.38 bits per heavy atom. The summed E-state index contributed by atoms with van der Waals surface area (Å²) in [5.74, 6) is 2.00. The third kappa shape index (κ3) is 3.79. The second-order valence-electron chi connectivity index (χ2n) is 8.50. The predicted molar refractivity (Wildman–Crippen MR) is 128 cm³/mol. The Kier molecular flexibility index (Phi) is 5.68. The lowest BCUT2D eigenvalue weighted by molar-refractivity contribution is -0.134. The van der Waals surface area contributed by atoms with E-state index in [1.807, 2.05) is 36.4 Å². The van der Waals surface area contributed by atoms with Gasteiger partial charge in [0.15, 0.2) is 11.5 Å². The van der Waals surface area contributed by atoms with Crippen molar-refractivity contribution in [2.24, 2.45) is 5.92 Å². The van der Waals surface area contributed by atoms with E-state index in [2.05, 4.69) is 51.2 Å². The molecule has 32 heavy (non-hydrogen) atoms. The monoisotopic (exact) mass is 491 g/mol. The molecule has 4 nitrogen and oxygen atoms in total. The average molecular weight is 492 g/mol. The number of amides is 1. The molecular weight excluding hydrogens is 466 g/mol. The largest absolute Gasteiger partial charge is 0.493 e. The van der Waals surface area contributed by atoms with E-state index in [4.69, 9.17) is 9.47 Å². The molecule has 3 atom stereocenters. The van der Waals surface area contributed by atoms with E-state index >= 15 is 0 Å². The summed E-state index contributed by atoms with van der Waals surface area (Å²) in [6.07, 6.45) is 1.71. The van der Waals surface area contributed by atoms with Gasteiger partial charge in [0.25, 0.3) is 0 Å². The van der Waals surface area contributed by atoms with Crippen molar-refractivity contribution in [1.29, 1.82) is 0 Å². The highest BCUT2D eigenvalue weighted by Crippen LogP contribution is 2.51. The van der Waals surface area contributed by atoms with Crippen LogP contribution in [0.4, 0.5) is 0 Å². The van der Waals surface area contributed by atoms with Crippen LogP contribution < -0.4 is 9.47 Å². The lowest BCUT2D eigenvalue weighted by Crippen LogP contribution is -2.41. The quantitative estimate of drug-likeness (QED) is 0.456. The Morgan fingerprint density at radius 2 is 1.66 bits per heavy atom. The summed E-state index contributed by atoms with van der Waals surface area (Å²) >= 11 is 3.56. The van der Waals surface area contributed by atoms with Crippen molar-refractivity contribution < 1.29 is 14.3 Å². The van der Waals surface area contributed by atoms with Gasteiger partial charge in [-0.25, -0.2) is 0 Å². The molecule has 1 aliphatic heterocycles. The minimum atomic E-state index is -0.129. The minimum absolute atomic E-state index is 0.0391. The Morgan fingerprint density at radius 1 is 0.938 bits per heavy atom.